The summed E-state index contributed by atoms with van der Waals surface area (Å²) in [6.45, 7) is 3.50. The van der Waals surface area contributed by atoms with Crippen LogP contribution in [0.4, 0.5) is 0 Å². The molecule has 2 rings (SSSR count). The molecule has 0 N–H and O–H groups in total. The highest BCUT2D eigenvalue weighted by Gasteiger charge is 2.34. The summed E-state index contributed by atoms with van der Waals surface area (Å²) in [6.07, 6.45) is 0. The summed E-state index contributed by atoms with van der Waals surface area (Å²) in [7, 11) is 7.41. The first-order chi connectivity index (χ1) is 11.9. The summed E-state index contributed by atoms with van der Waals surface area (Å²) in [5.74, 6) is 1.14. The van der Waals surface area contributed by atoms with Crippen molar-refractivity contribution >= 4 is 16.7 Å². The van der Waals surface area contributed by atoms with Crippen molar-refractivity contribution in [1.82, 2.24) is 0 Å². The minimum Gasteiger partial charge on any atom is -0.493 e. The number of carbonyl (C=O) groups excluding carboxylic acids is 1. The van der Waals surface area contributed by atoms with Gasteiger partial charge in [-0.2, -0.15) is 0 Å². The van der Waals surface area contributed by atoms with E-state index in [1.165, 1.54) is 35.5 Å². The third kappa shape index (κ3) is 3.01. The first-order valence-corrected chi connectivity index (χ1v) is 7.66. The molecule has 1 heterocycles. The van der Waals surface area contributed by atoms with Gasteiger partial charge in [0.2, 0.25) is 11.5 Å². The molecule has 1 unspecified atom stereocenters. The fourth-order valence-electron chi connectivity index (χ4n) is 2.93. The highest BCUT2D eigenvalue weighted by atomic mass is 16.6. The highest BCUT2D eigenvalue weighted by molar-refractivity contribution is 5.99. The average Bonchev–Trinajstić information content (AvgIpc) is 2.64. The summed E-state index contributed by atoms with van der Waals surface area (Å²) in [6, 6.07) is 1.77. The van der Waals surface area contributed by atoms with E-state index in [-0.39, 0.29) is 5.95 Å². The summed E-state index contributed by atoms with van der Waals surface area (Å²) in [5.41, 5.74) is 0.550. The van der Waals surface area contributed by atoms with Crippen LogP contribution in [0.25, 0.3) is 10.8 Å². The lowest BCUT2D eigenvalue weighted by Crippen LogP contribution is -2.13. The Bertz CT molecular complexity index is 798. The Balaban J connectivity index is 3.01. The number of methoxy groups -OCH3 is 5. The van der Waals surface area contributed by atoms with Crippen LogP contribution in [-0.4, -0.2) is 41.5 Å². The molecule has 0 radical (unpaired) electrons. The van der Waals surface area contributed by atoms with Crippen LogP contribution in [0.15, 0.2) is 10.5 Å². The molecule has 25 heavy (non-hydrogen) atoms. The third-order valence-electron chi connectivity index (χ3n) is 4.11. The van der Waals surface area contributed by atoms with Crippen LogP contribution in [0, 0.1) is 6.92 Å². The lowest BCUT2D eigenvalue weighted by Gasteiger charge is -2.17. The van der Waals surface area contributed by atoms with E-state index < -0.39 is 11.9 Å². The van der Waals surface area contributed by atoms with Gasteiger partial charge in [-0.15, -0.1) is 0 Å². The van der Waals surface area contributed by atoms with Crippen LogP contribution in [0.1, 0.15) is 24.2 Å². The second-order valence-electron chi connectivity index (χ2n) is 5.38. The number of aryl methyl sites for hydroxylation is 1. The van der Waals surface area contributed by atoms with Crippen molar-refractivity contribution in [1.29, 1.82) is 0 Å². The Morgan fingerprint density at radius 1 is 1.00 bits per heavy atom. The Labute approximate surface area is 146 Å². The highest BCUT2D eigenvalue weighted by Crippen LogP contribution is 2.48. The second-order valence-corrected chi connectivity index (χ2v) is 5.38. The molecular weight excluding hydrogens is 328 g/mol. The van der Waals surface area contributed by atoms with Crippen LogP contribution in [0.3, 0.4) is 0 Å². The van der Waals surface area contributed by atoms with Crippen LogP contribution in [-0.2, 0) is 9.53 Å². The monoisotopic (exact) mass is 351 g/mol. The average molecular weight is 351 g/mol. The molecule has 1 aromatic heterocycles. The molecule has 0 fully saturated rings. The maximum Gasteiger partial charge on any atom is 0.522 e. The maximum absolute atomic E-state index is 12.1. The van der Waals surface area contributed by atoms with Crippen LogP contribution < -0.4 is 18.9 Å². The molecule has 0 saturated heterocycles. The zero-order chi connectivity index (χ0) is 18.7. The quantitative estimate of drug-likeness (QED) is 0.584. The summed E-state index contributed by atoms with van der Waals surface area (Å²) in [5, 5.41) is 1.37. The number of rotatable bonds is 6. The van der Waals surface area contributed by atoms with Crippen LogP contribution in [0.5, 0.6) is 23.2 Å². The van der Waals surface area contributed by atoms with Crippen molar-refractivity contribution in [2.75, 3.05) is 35.5 Å². The fourth-order valence-corrected chi connectivity index (χ4v) is 2.93. The SMILES string of the molecule is COC(=O)C(C)c1c(OC)[o+]c(C)c2c(OC)c(OC)c(OC)cc12. The smallest absolute Gasteiger partial charge is 0.493 e. The van der Waals surface area contributed by atoms with Gasteiger partial charge < -0.3 is 23.7 Å². The number of ether oxygens (including phenoxy) is 5. The minimum absolute atomic E-state index is 0.233. The van der Waals surface area contributed by atoms with E-state index in [0.29, 0.717) is 39.3 Å². The molecule has 0 saturated carbocycles. The largest absolute Gasteiger partial charge is 0.522 e. The topological polar surface area (TPSA) is 74.5 Å². The van der Waals surface area contributed by atoms with E-state index in [9.17, 15) is 4.79 Å². The van der Waals surface area contributed by atoms with Gasteiger partial charge in [0.05, 0.1) is 39.7 Å². The number of carbonyl (C=O) groups is 1. The van der Waals surface area contributed by atoms with Gasteiger partial charge in [-0.25, -0.2) is 0 Å². The van der Waals surface area contributed by atoms with Crippen molar-refractivity contribution in [3.63, 3.8) is 0 Å². The summed E-state index contributed by atoms with van der Waals surface area (Å²) >= 11 is 0. The predicted molar refractivity (Wildman–Crippen MR) is 92.0 cm³/mol. The Morgan fingerprint density at radius 3 is 2.12 bits per heavy atom. The van der Waals surface area contributed by atoms with E-state index in [1.807, 2.05) is 0 Å². The van der Waals surface area contributed by atoms with E-state index in [4.69, 9.17) is 28.1 Å². The molecule has 7 nitrogen and oxygen atoms in total. The lowest BCUT2D eigenvalue weighted by atomic mass is 9.95. The molecule has 0 aliphatic heterocycles. The van der Waals surface area contributed by atoms with Gasteiger partial charge in [-0.3, -0.25) is 9.21 Å². The number of benzene rings is 1. The molecule has 2 aromatic rings. The van der Waals surface area contributed by atoms with Gasteiger partial charge in [0, 0.05) is 12.3 Å². The number of esters is 1. The van der Waals surface area contributed by atoms with Gasteiger partial charge >= 0.3 is 11.9 Å². The molecule has 0 amide bonds. The zero-order valence-corrected chi connectivity index (χ0v) is 15.5. The summed E-state index contributed by atoms with van der Waals surface area (Å²) in [4.78, 5) is 12.1. The fraction of sp³-hybridized carbons (Fsp3) is 0.444. The number of hydrogen-bond acceptors (Lipinski definition) is 6. The predicted octanol–water partition coefficient (Wildman–Crippen LogP) is 3.33. The summed E-state index contributed by atoms with van der Waals surface area (Å²) < 4.78 is 32.4. The Hall–Kier alpha value is -2.70. The third-order valence-corrected chi connectivity index (χ3v) is 4.11. The van der Waals surface area contributed by atoms with Gasteiger partial charge in [0.25, 0.3) is 0 Å². The molecule has 1 atom stereocenters. The molecule has 7 heteroatoms. The van der Waals surface area contributed by atoms with Gasteiger partial charge in [-0.05, 0) is 13.0 Å². The van der Waals surface area contributed by atoms with E-state index in [2.05, 4.69) is 0 Å². The Kier molecular flexibility index (Phi) is 5.56. The van der Waals surface area contributed by atoms with Crippen molar-refractivity contribution in [3.05, 3.63) is 17.4 Å². The van der Waals surface area contributed by atoms with E-state index >= 15 is 0 Å². The maximum atomic E-state index is 12.1. The molecule has 1 aromatic carbocycles. The first-order valence-electron chi connectivity index (χ1n) is 7.66. The van der Waals surface area contributed by atoms with Crippen molar-refractivity contribution < 1.29 is 32.9 Å². The van der Waals surface area contributed by atoms with E-state index in [1.54, 1.807) is 19.9 Å². The van der Waals surface area contributed by atoms with Gasteiger partial charge in [-0.1, -0.05) is 0 Å². The minimum atomic E-state index is -0.616. The van der Waals surface area contributed by atoms with Crippen molar-refractivity contribution in [3.8, 4) is 23.2 Å². The molecule has 136 valence electrons. The molecule has 0 aliphatic rings. The normalized spacial score (nSPS) is 11.8. The molecular formula is C18H23O7+. The van der Waals surface area contributed by atoms with Gasteiger partial charge in [0.1, 0.15) is 5.56 Å². The van der Waals surface area contributed by atoms with Crippen LogP contribution >= 0.6 is 0 Å². The van der Waals surface area contributed by atoms with Crippen molar-refractivity contribution in [2.24, 2.45) is 0 Å². The van der Waals surface area contributed by atoms with Crippen LogP contribution in [0.2, 0.25) is 0 Å². The van der Waals surface area contributed by atoms with Gasteiger partial charge in [0.15, 0.2) is 18.6 Å². The standard InChI is InChI=1S/C18H23O7/c1-9(17(19)23-6)13-11-8-12(20-3)15(21-4)16(22-5)14(11)10(2)25-18(13)24-7/h8-9H,1-7H3/q+1. The molecule has 0 aliphatic carbocycles. The van der Waals surface area contributed by atoms with Crippen molar-refractivity contribution in [2.45, 2.75) is 19.8 Å². The molecule has 0 bridgehead atoms. The zero-order valence-electron chi connectivity index (χ0n) is 15.5. The number of fused-ring (bicyclic) bond motifs is 1. The second kappa shape index (κ2) is 7.46. The number of hydrogen-bond donors (Lipinski definition) is 0. The Morgan fingerprint density at radius 2 is 1.64 bits per heavy atom. The first kappa shape index (κ1) is 18.6. The molecule has 0 spiro atoms. The van der Waals surface area contributed by atoms with E-state index in [0.717, 1.165) is 0 Å². The lowest BCUT2D eigenvalue weighted by molar-refractivity contribution is -0.142.